The molecular weight excluding hydrogens is 502 g/mol. The van der Waals surface area contributed by atoms with E-state index in [1.54, 1.807) is 6.20 Å². The molecule has 0 spiro atoms. The van der Waals surface area contributed by atoms with Gasteiger partial charge in [0.2, 0.25) is 0 Å². The molecule has 2 aliphatic rings. The molecule has 0 unspecified atom stereocenters. The smallest absolute Gasteiger partial charge is 0.276 e. The van der Waals surface area contributed by atoms with E-state index in [1.165, 1.54) is 12.8 Å². The van der Waals surface area contributed by atoms with Crippen LogP contribution in [0.25, 0.3) is 22.0 Å². The number of benzene rings is 1. The summed E-state index contributed by atoms with van der Waals surface area (Å²) in [6.07, 6.45) is 9.40. The Morgan fingerprint density at radius 1 is 0.950 bits per heavy atom. The zero-order valence-corrected chi connectivity index (χ0v) is 23.4. The molecule has 0 atom stereocenters. The number of aromatic amines is 1. The summed E-state index contributed by atoms with van der Waals surface area (Å²) in [7, 11) is 0. The topological polar surface area (TPSA) is 110 Å². The van der Waals surface area contributed by atoms with Gasteiger partial charge < -0.3 is 10.4 Å². The zero-order valence-electron chi connectivity index (χ0n) is 23.4. The van der Waals surface area contributed by atoms with E-state index in [1.807, 2.05) is 56.6 Å². The number of nitrogens with one attached hydrogen (secondary N) is 2. The van der Waals surface area contributed by atoms with Gasteiger partial charge in [0.05, 0.1) is 29.2 Å². The molecule has 3 aromatic heterocycles. The lowest BCUT2D eigenvalue weighted by Crippen LogP contribution is -2.35. The van der Waals surface area contributed by atoms with Gasteiger partial charge in [0.15, 0.2) is 5.69 Å². The Hall–Kier alpha value is -3.66. The summed E-state index contributed by atoms with van der Waals surface area (Å²) in [6.45, 7) is 9.68. The third kappa shape index (κ3) is 6.72. The predicted molar refractivity (Wildman–Crippen MR) is 158 cm³/mol. The number of rotatable bonds is 7. The fourth-order valence-corrected chi connectivity index (χ4v) is 5.39. The number of pyridine rings is 2. The fraction of sp³-hybridized carbons (Fsp3) is 0.419. The Morgan fingerprint density at radius 3 is 2.48 bits per heavy atom. The molecule has 0 radical (unpaired) electrons. The van der Waals surface area contributed by atoms with Crippen LogP contribution < -0.4 is 5.32 Å². The molecule has 3 N–H and O–H groups in total. The van der Waals surface area contributed by atoms with Crippen LogP contribution >= 0.6 is 0 Å². The average Bonchev–Trinajstić information content (AvgIpc) is 3.66. The van der Waals surface area contributed by atoms with Gasteiger partial charge in [-0.15, -0.1) is 0 Å². The first kappa shape index (κ1) is 27.9. The van der Waals surface area contributed by atoms with Crippen molar-refractivity contribution in [3.63, 3.8) is 0 Å². The SMILES string of the molecule is CC.O=C(Nc1ccc(CN2CCCC2)nc1)c1n[nH]c2ccc(-c3cncc(CN4CCC(O)CC4)c3)cc12. The van der Waals surface area contributed by atoms with E-state index in [0.29, 0.717) is 11.4 Å². The third-order valence-corrected chi connectivity index (χ3v) is 7.54. The highest BCUT2D eigenvalue weighted by Crippen LogP contribution is 2.27. The van der Waals surface area contributed by atoms with Crippen molar-refractivity contribution in [3.05, 3.63) is 71.9 Å². The number of fused-ring (bicyclic) bond motifs is 1. The Bertz CT molecular complexity index is 1400. The van der Waals surface area contributed by atoms with E-state index in [2.05, 4.69) is 41.3 Å². The van der Waals surface area contributed by atoms with Gasteiger partial charge in [0, 0.05) is 49.5 Å². The van der Waals surface area contributed by atoms with Crippen LogP contribution in [0.3, 0.4) is 0 Å². The van der Waals surface area contributed by atoms with E-state index < -0.39 is 0 Å². The molecule has 9 nitrogen and oxygen atoms in total. The molecule has 0 saturated carbocycles. The number of amides is 1. The van der Waals surface area contributed by atoms with Gasteiger partial charge in [-0.3, -0.25) is 29.7 Å². The molecule has 0 bridgehead atoms. The second kappa shape index (κ2) is 13.1. The van der Waals surface area contributed by atoms with E-state index in [4.69, 9.17) is 0 Å². The highest BCUT2D eigenvalue weighted by molar-refractivity contribution is 6.11. The molecule has 2 aliphatic heterocycles. The maximum Gasteiger partial charge on any atom is 0.276 e. The van der Waals surface area contributed by atoms with E-state index in [9.17, 15) is 9.90 Å². The van der Waals surface area contributed by atoms with Crippen LogP contribution in [0.4, 0.5) is 5.69 Å². The molecule has 1 amide bonds. The number of nitrogens with zero attached hydrogens (tertiary/aromatic N) is 5. The maximum absolute atomic E-state index is 13.1. The standard InChI is InChI=1S/C29H33N7O2.C2H6/c37-25-7-11-36(12-8-25)18-20-13-22(16-30-15-20)21-3-6-27-26(14-21)28(34-33-27)29(38)32-23-4-5-24(31-17-23)19-35-9-1-2-10-35;1-2/h3-6,13-17,25,37H,1-2,7-12,18-19H2,(H,32,38)(H,33,34);1-2H3. The summed E-state index contributed by atoms with van der Waals surface area (Å²) < 4.78 is 0. The number of hydrogen-bond donors (Lipinski definition) is 3. The molecule has 2 saturated heterocycles. The quantitative estimate of drug-likeness (QED) is 0.307. The monoisotopic (exact) mass is 541 g/mol. The summed E-state index contributed by atoms with van der Waals surface area (Å²) in [5.74, 6) is -0.276. The Labute approximate surface area is 235 Å². The molecule has 5 heterocycles. The highest BCUT2D eigenvalue weighted by atomic mass is 16.3. The van der Waals surface area contributed by atoms with Crippen molar-refractivity contribution in [1.82, 2.24) is 30.0 Å². The number of anilines is 1. The van der Waals surface area contributed by atoms with Crippen molar-refractivity contribution >= 4 is 22.5 Å². The lowest BCUT2D eigenvalue weighted by Gasteiger charge is -2.29. The minimum Gasteiger partial charge on any atom is -0.393 e. The van der Waals surface area contributed by atoms with E-state index in [-0.39, 0.29) is 12.0 Å². The first-order valence-electron chi connectivity index (χ1n) is 14.4. The number of aliphatic hydroxyl groups excluding tert-OH is 1. The number of hydrogen-bond acceptors (Lipinski definition) is 7. The second-order valence-electron chi connectivity index (χ2n) is 10.4. The van der Waals surface area contributed by atoms with E-state index >= 15 is 0 Å². The summed E-state index contributed by atoms with van der Waals surface area (Å²) in [5, 5.41) is 20.8. The number of aromatic nitrogens is 4. The van der Waals surface area contributed by atoms with Crippen LogP contribution in [0.2, 0.25) is 0 Å². The zero-order chi connectivity index (χ0) is 27.9. The largest absolute Gasteiger partial charge is 0.393 e. The normalized spacial score (nSPS) is 16.6. The molecule has 40 heavy (non-hydrogen) atoms. The number of aliphatic hydroxyl groups is 1. The predicted octanol–water partition coefficient (Wildman–Crippen LogP) is 4.85. The van der Waals surface area contributed by atoms with Crippen LogP contribution in [0, 0.1) is 0 Å². The van der Waals surface area contributed by atoms with Crippen LogP contribution in [-0.2, 0) is 13.1 Å². The lowest BCUT2D eigenvalue weighted by molar-refractivity contribution is 0.0792. The Kier molecular flexibility index (Phi) is 9.15. The average molecular weight is 542 g/mol. The van der Waals surface area contributed by atoms with Gasteiger partial charge in [-0.2, -0.15) is 5.10 Å². The Balaban J connectivity index is 0.00000158. The summed E-state index contributed by atoms with van der Waals surface area (Å²) in [6, 6.07) is 12.0. The molecule has 6 rings (SSSR count). The lowest BCUT2D eigenvalue weighted by atomic mass is 10.0. The van der Waals surface area contributed by atoms with Crippen molar-refractivity contribution < 1.29 is 9.90 Å². The second-order valence-corrected chi connectivity index (χ2v) is 10.4. The third-order valence-electron chi connectivity index (χ3n) is 7.54. The van der Waals surface area contributed by atoms with Crippen LogP contribution in [0.15, 0.2) is 55.0 Å². The van der Waals surface area contributed by atoms with Gasteiger partial charge in [-0.25, -0.2) is 0 Å². The van der Waals surface area contributed by atoms with Crippen molar-refractivity contribution in [2.45, 2.75) is 58.7 Å². The molecule has 9 heteroatoms. The summed E-state index contributed by atoms with van der Waals surface area (Å²) in [4.78, 5) is 26.9. The molecule has 1 aromatic carbocycles. The maximum atomic E-state index is 13.1. The minimum atomic E-state index is -0.276. The number of carbonyl (C=O) groups is 1. The summed E-state index contributed by atoms with van der Waals surface area (Å²) >= 11 is 0. The number of piperidine rings is 1. The molecule has 2 fully saturated rings. The van der Waals surface area contributed by atoms with Crippen LogP contribution in [-0.4, -0.2) is 73.3 Å². The van der Waals surface area contributed by atoms with Crippen molar-refractivity contribution in [2.24, 2.45) is 0 Å². The van der Waals surface area contributed by atoms with Crippen molar-refractivity contribution in [3.8, 4) is 11.1 Å². The number of carbonyl (C=O) groups excluding carboxylic acids is 1. The first-order valence-corrected chi connectivity index (χ1v) is 14.4. The highest BCUT2D eigenvalue weighted by Gasteiger charge is 2.19. The van der Waals surface area contributed by atoms with Gasteiger partial charge >= 0.3 is 0 Å². The summed E-state index contributed by atoms with van der Waals surface area (Å²) in [5.41, 5.74) is 5.90. The minimum absolute atomic E-state index is 0.181. The molecule has 4 aromatic rings. The van der Waals surface area contributed by atoms with Gasteiger partial charge in [-0.05, 0) is 80.2 Å². The molecule has 210 valence electrons. The van der Waals surface area contributed by atoms with E-state index in [0.717, 1.165) is 85.4 Å². The number of likely N-dealkylation sites (tertiary alicyclic amines) is 2. The number of H-pyrrole nitrogens is 1. The first-order chi connectivity index (χ1) is 19.6. The van der Waals surface area contributed by atoms with Crippen molar-refractivity contribution in [1.29, 1.82) is 0 Å². The molecular formula is C31H39N7O2. The fourth-order valence-electron chi connectivity index (χ4n) is 5.39. The van der Waals surface area contributed by atoms with Crippen molar-refractivity contribution in [2.75, 3.05) is 31.5 Å². The van der Waals surface area contributed by atoms with Gasteiger partial charge in [0.25, 0.3) is 5.91 Å². The van der Waals surface area contributed by atoms with Crippen LogP contribution in [0.5, 0.6) is 0 Å². The van der Waals surface area contributed by atoms with Gasteiger partial charge in [-0.1, -0.05) is 19.9 Å². The van der Waals surface area contributed by atoms with Crippen LogP contribution in [0.1, 0.15) is 61.3 Å². The Morgan fingerprint density at radius 2 is 1.73 bits per heavy atom. The van der Waals surface area contributed by atoms with Gasteiger partial charge in [0.1, 0.15) is 0 Å². The molecule has 0 aliphatic carbocycles.